The summed E-state index contributed by atoms with van der Waals surface area (Å²) in [5.41, 5.74) is 2.16. The van der Waals surface area contributed by atoms with E-state index in [0.717, 1.165) is 22.1 Å². The normalized spacial score (nSPS) is 20.4. The van der Waals surface area contributed by atoms with Gasteiger partial charge in [-0.05, 0) is 55.9 Å². The van der Waals surface area contributed by atoms with Crippen LogP contribution in [0.25, 0.3) is 22.3 Å². The highest BCUT2D eigenvalue weighted by molar-refractivity contribution is 5.94. The van der Waals surface area contributed by atoms with Crippen molar-refractivity contribution in [3.05, 3.63) is 61.7 Å². The number of aryl methyl sites for hydroxylation is 1. The van der Waals surface area contributed by atoms with Crippen LogP contribution >= 0.6 is 0 Å². The lowest BCUT2D eigenvalue weighted by Gasteiger charge is -2.31. The van der Waals surface area contributed by atoms with E-state index in [4.69, 9.17) is 14.5 Å². The third kappa shape index (κ3) is 4.67. The monoisotopic (exact) mass is 606 g/mol. The molecule has 4 heterocycles. The standard InChI is InChI=1S/C32H35FN4O7/c1-5-25(38)34-14-44-15(3)9-26(39)35-22-8-7-17-16(4)21(33)11-23-27(17)28(22)18-12-37-24(29(18)36-23)10-20-19(30(37)40)13-43-31(41)32(20,42)6-2/h10-11,15,22,42H,5-9,12-14H2,1-4H3,(H,34,38)(H,35,39)/t15-,22+,32+/m1/s1. The first kappa shape index (κ1) is 29.9. The summed E-state index contributed by atoms with van der Waals surface area (Å²) in [7, 11) is 0. The van der Waals surface area contributed by atoms with Crippen molar-refractivity contribution in [1.82, 2.24) is 20.2 Å². The van der Waals surface area contributed by atoms with Gasteiger partial charge < -0.3 is 29.8 Å². The van der Waals surface area contributed by atoms with Crippen molar-refractivity contribution in [3.8, 4) is 11.4 Å². The SMILES string of the molecule is CCC(=O)NCO[C@H](C)CC(=O)N[C@H]1CCc2c(C)c(F)cc3nc4c(c1c23)Cn1c-4cc2c(c1=O)COC(=O)[C@]2(O)CC. The van der Waals surface area contributed by atoms with Crippen molar-refractivity contribution in [2.75, 3.05) is 6.73 Å². The molecule has 0 saturated heterocycles. The minimum Gasteiger partial charge on any atom is -0.458 e. The van der Waals surface area contributed by atoms with Gasteiger partial charge in [-0.3, -0.25) is 14.4 Å². The average molecular weight is 607 g/mol. The molecule has 0 spiro atoms. The van der Waals surface area contributed by atoms with Crippen LogP contribution in [0.1, 0.15) is 85.9 Å². The van der Waals surface area contributed by atoms with Crippen LogP contribution in [-0.4, -0.2) is 45.3 Å². The number of rotatable bonds is 8. The molecule has 0 saturated carbocycles. The molecule has 0 fully saturated rings. The largest absolute Gasteiger partial charge is 0.458 e. The summed E-state index contributed by atoms with van der Waals surface area (Å²) in [6.07, 6.45) is 0.979. The Morgan fingerprint density at radius 2 is 2.00 bits per heavy atom. The number of carbonyl (C=O) groups is 3. The molecule has 0 unspecified atom stereocenters. The van der Waals surface area contributed by atoms with E-state index in [2.05, 4.69) is 10.6 Å². The van der Waals surface area contributed by atoms with E-state index in [-0.39, 0.29) is 55.7 Å². The number of halogens is 1. The van der Waals surface area contributed by atoms with Gasteiger partial charge in [-0.25, -0.2) is 14.2 Å². The molecule has 0 bridgehead atoms. The smallest absolute Gasteiger partial charge is 0.343 e. The molecular formula is C32H35FN4O7. The fraction of sp³-hybridized carbons (Fsp3) is 0.469. The van der Waals surface area contributed by atoms with Gasteiger partial charge in [-0.1, -0.05) is 13.8 Å². The molecule has 12 heteroatoms. The fourth-order valence-electron chi connectivity index (χ4n) is 6.66. The molecule has 6 rings (SSSR count). The van der Waals surface area contributed by atoms with Crippen molar-refractivity contribution in [2.24, 2.45) is 0 Å². The lowest BCUT2D eigenvalue weighted by molar-refractivity contribution is -0.172. The summed E-state index contributed by atoms with van der Waals surface area (Å²) in [6, 6.07) is 2.56. The number of nitrogens with zero attached hydrogens (tertiary/aromatic N) is 2. The van der Waals surface area contributed by atoms with Crippen molar-refractivity contribution >= 4 is 28.7 Å². The number of aliphatic hydroxyl groups is 1. The fourth-order valence-corrected chi connectivity index (χ4v) is 6.66. The van der Waals surface area contributed by atoms with Crippen LogP contribution in [0.3, 0.4) is 0 Å². The predicted molar refractivity (Wildman–Crippen MR) is 157 cm³/mol. The van der Waals surface area contributed by atoms with Crippen LogP contribution < -0.4 is 16.2 Å². The number of amides is 2. The minimum absolute atomic E-state index is 0.00201. The van der Waals surface area contributed by atoms with E-state index in [9.17, 15) is 24.3 Å². The molecule has 2 amide bonds. The quantitative estimate of drug-likeness (QED) is 0.205. The molecule has 44 heavy (non-hydrogen) atoms. The lowest BCUT2D eigenvalue weighted by Crippen LogP contribution is -2.44. The van der Waals surface area contributed by atoms with Crippen molar-refractivity contribution in [2.45, 2.75) is 90.7 Å². The predicted octanol–water partition coefficient (Wildman–Crippen LogP) is 2.91. The van der Waals surface area contributed by atoms with Gasteiger partial charge in [-0.2, -0.15) is 0 Å². The van der Waals surface area contributed by atoms with Gasteiger partial charge in [-0.15, -0.1) is 0 Å². The highest BCUT2D eigenvalue weighted by Crippen LogP contribution is 2.46. The number of pyridine rings is 2. The Labute approximate surface area is 252 Å². The number of benzene rings is 1. The molecule has 2 aromatic heterocycles. The number of esters is 1. The van der Waals surface area contributed by atoms with Gasteiger partial charge in [0.25, 0.3) is 5.56 Å². The number of carbonyl (C=O) groups excluding carboxylic acids is 3. The third-order valence-corrected chi connectivity index (χ3v) is 9.14. The zero-order valence-corrected chi connectivity index (χ0v) is 25.1. The van der Waals surface area contributed by atoms with Crippen LogP contribution in [0, 0.1) is 12.7 Å². The van der Waals surface area contributed by atoms with E-state index in [1.165, 1.54) is 10.6 Å². The van der Waals surface area contributed by atoms with E-state index in [1.807, 2.05) is 0 Å². The summed E-state index contributed by atoms with van der Waals surface area (Å²) in [6.45, 7) is 6.77. The molecule has 11 nitrogen and oxygen atoms in total. The van der Waals surface area contributed by atoms with E-state index in [0.29, 0.717) is 41.7 Å². The maximum atomic E-state index is 15.1. The zero-order valence-electron chi connectivity index (χ0n) is 25.1. The first-order valence-electron chi connectivity index (χ1n) is 15.0. The van der Waals surface area contributed by atoms with Crippen molar-refractivity contribution < 1.29 is 33.4 Å². The number of aromatic nitrogens is 2. The van der Waals surface area contributed by atoms with Crippen LogP contribution in [-0.2, 0) is 49.0 Å². The Balaban J connectivity index is 1.42. The second-order valence-electron chi connectivity index (χ2n) is 11.7. The van der Waals surface area contributed by atoms with E-state index >= 15 is 4.39 Å². The highest BCUT2D eigenvalue weighted by Gasteiger charge is 2.46. The number of hydrogen-bond acceptors (Lipinski definition) is 8. The van der Waals surface area contributed by atoms with E-state index in [1.54, 1.807) is 33.8 Å². The first-order valence-corrected chi connectivity index (χ1v) is 15.0. The Bertz CT molecular complexity index is 1800. The molecule has 1 aliphatic carbocycles. The molecule has 1 aromatic carbocycles. The molecule has 2 aliphatic heterocycles. The molecule has 232 valence electrons. The maximum Gasteiger partial charge on any atom is 0.343 e. The van der Waals surface area contributed by atoms with Gasteiger partial charge in [0.1, 0.15) is 19.2 Å². The molecule has 3 aliphatic rings. The van der Waals surface area contributed by atoms with Crippen LogP contribution in [0.4, 0.5) is 4.39 Å². The molecule has 3 N–H and O–H groups in total. The Morgan fingerprint density at radius 3 is 2.73 bits per heavy atom. The number of ether oxygens (including phenoxy) is 2. The average Bonchev–Trinajstić information content (AvgIpc) is 3.36. The number of cyclic esters (lactones) is 1. The number of hydrogen-bond donors (Lipinski definition) is 3. The Kier molecular flexibility index (Phi) is 7.53. The summed E-state index contributed by atoms with van der Waals surface area (Å²) in [5.74, 6) is -1.60. The van der Waals surface area contributed by atoms with Gasteiger partial charge >= 0.3 is 5.97 Å². The van der Waals surface area contributed by atoms with Crippen LogP contribution in [0.5, 0.6) is 0 Å². The van der Waals surface area contributed by atoms with Crippen molar-refractivity contribution in [3.63, 3.8) is 0 Å². The topological polar surface area (TPSA) is 149 Å². The van der Waals surface area contributed by atoms with Crippen LogP contribution in [0.2, 0.25) is 0 Å². The summed E-state index contributed by atoms with van der Waals surface area (Å²) >= 11 is 0. The van der Waals surface area contributed by atoms with Crippen molar-refractivity contribution in [1.29, 1.82) is 0 Å². The summed E-state index contributed by atoms with van der Waals surface area (Å²) in [5, 5.41) is 17.7. The van der Waals surface area contributed by atoms with Gasteiger partial charge in [0.15, 0.2) is 5.60 Å². The molecular weight excluding hydrogens is 571 g/mol. The Morgan fingerprint density at radius 1 is 1.23 bits per heavy atom. The molecule has 3 aromatic rings. The maximum absolute atomic E-state index is 15.1. The summed E-state index contributed by atoms with van der Waals surface area (Å²) < 4.78 is 27.4. The Hall–Kier alpha value is -4.16. The third-order valence-electron chi connectivity index (χ3n) is 9.14. The van der Waals surface area contributed by atoms with Gasteiger partial charge in [0.2, 0.25) is 11.8 Å². The van der Waals surface area contributed by atoms with Gasteiger partial charge in [0.05, 0.1) is 47.6 Å². The van der Waals surface area contributed by atoms with Gasteiger partial charge in [0, 0.05) is 29.0 Å². The van der Waals surface area contributed by atoms with Crippen LogP contribution in [0.15, 0.2) is 16.9 Å². The number of nitrogens with one attached hydrogen (secondary N) is 2. The highest BCUT2D eigenvalue weighted by atomic mass is 19.1. The summed E-state index contributed by atoms with van der Waals surface area (Å²) in [4.78, 5) is 55.9. The second kappa shape index (κ2) is 11.1. The molecule has 3 atom stereocenters. The first-order chi connectivity index (χ1) is 21.0. The number of fused-ring (bicyclic) bond motifs is 5. The zero-order chi connectivity index (χ0) is 31.5. The lowest BCUT2D eigenvalue weighted by atomic mass is 9.81. The molecule has 0 radical (unpaired) electrons. The minimum atomic E-state index is -1.97. The van der Waals surface area contributed by atoms with E-state index < -0.39 is 35.1 Å². The second-order valence-corrected chi connectivity index (χ2v) is 11.7.